The van der Waals surface area contributed by atoms with Crippen molar-refractivity contribution in [1.82, 2.24) is 4.98 Å². The second kappa shape index (κ2) is 6.81. The lowest BCUT2D eigenvalue weighted by molar-refractivity contribution is -0.118. The van der Waals surface area contributed by atoms with Gasteiger partial charge in [-0.3, -0.25) is 14.4 Å². The van der Waals surface area contributed by atoms with E-state index in [0.717, 1.165) is 11.1 Å². The van der Waals surface area contributed by atoms with Gasteiger partial charge >= 0.3 is 0 Å². The molecule has 1 fully saturated rings. The molecule has 2 aromatic rings. The van der Waals surface area contributed by atoms with Gasteiger partial charge in [-0.2, -0.15) is 0 Å². The molecular weight excluding hydrogens is 340 g/mol. The van der Waals surface area contributed by atoms with Gasteiger partial charge in [0.05, 0.1) is 17.5 Å². The Morgan fingerprint density at radius 2 is 2.04 bits per heavy atom. The van der Waals surface area contributed by atoms with Gasteiger partial charge < -0.3 is 5.73 Å². The molecule has 1 saturated heterocycles. The van der Waals surface area contributed by atoms with Gasteiger partial charge in [0, 0.05) is 23.9 Å². The average Bonchev–Trinajstić information content (AvgIpc) is 2.95. The van der Waals surface area contributed by atoms with Crippen LogP contribution in [0.2, 0.25) is 0 Å². The minimum absolute atomic E-state index is 0.00412. The zero-order chi connectivity index (χ0) is 18.0. The Hall–Kier alpha value is -2.45. The van der Waals surface area contributed by atoms with E-state index in [9.17, 15) is 13.2 Å². The number of amides is 1. The number of carbonyl (C=O) groups excluding carboxylic acids is 1. The number of aromatic nitrogens is 1. The molecule has 0 spiro atoms. The van der Waals surface area contributed by atoms with Gasteiger partial charge in [-0.1, -0.05) is 18.2 Å². The van der Waals surface area contributed by atoms with E-state index in [0.29, 0.717) is 24.5 Å². The van der Waals surface area contributed by atoms with E-state index in [-0.39, 0.29) is 11.7 Å². The summed E-state index contributed by atoms with van der Waals surface area (Å²) in [6.07, 6.45) is 2.25. The van der Waals surface area contributed by atoms with Crippen molar-refractivity contribution >= 4 is 27.4 Å². The summed E-state index contributed by atoms with van der Waals surface area (Å²) in [5.41, 5.74) is 7.72. The van der Waals surface area contributed by atoms with Crippen molar-refractivity contribution in [2.45, 2.75) is 19.4 Å². The molecule has 3 N–H and O–H groups in total. The fourth-order valence-corrected chi connectivity index (χ4v) is 3.36. The number of sulfonamides is 1. The first kappa shape index (κ1) is 17.4. The quantitative estimate of drug-likeness (QED) is 0.842. The highest BCUT2D eigenvalue weighted by Crippen LogP contribution is 2.29. The molecular formula is C17H20N4O3S. The molecule has 0 radical (unpaired) electrons. The molecule has 0 saturated carbocycles. The van der Waals surface area contributed by atoms with Crippen LogP contribution >= 0.6 is 0 Å². The molecule has 1 atom stereocenters. The van der Waals surface area contributed by atoms with Gasteiger partial charge in [-0.15, -0.1) is 0 Å². The van der Waals surface area contributed by atoms with Crippen LogP contribution in [-0.4, -0.2) is 37.6 Å². The van der Waals surface area contributed by atoms with Crippen molar-refractivity contribution in [2.24, 2.45) is 5.73 Å². The zero-order valence-corrected chi connectivity index (χ0v) is 14.7. The number of hydrogen-bond donors (Lipinski definition) is 2. The van der Waals surface area contributed by atoms with Gasteiger partial charge in [0.25, 0.3) is 0 Å². The van der Waals surface area contributed by atoms with Crippen LogP contribution in [0.25, 0.3) is 11.1 Å². The van der Waals surface area contributed by atoms with Crippen LogP contribution in [0.3, 0.4) is 0 Å². The van der Waals surface area contributed by atoms with Crippen molar-refractivity contribution in [3.05, 3.63) is 42.6 Å². The maximum atomic E-state index is 12.0. The van der Waals surface area contributed by atoms with Gasteiger partial charge in [-0.05, 0) is 31.5 Å². The average molecular weight is 360 g/mol. The van der Waals surface area contributed by atoms with Crippen LogP contribution in [0.15, 0.2) is 42.6 Å². The number of nitrogens with zero attached hydrogens (tertiary/aromatic N) is 2. The Bertz CT molecular complexity index is 881. The molecule has 132 valence electrons. The Labute approximate surface area is 146 Å². The Kier molecular flexibility index (Phi) is 4.73. The van der Waals surface area contributed by atoms with Crippen LogP contribution in [0, 0.1) is 0 Å². The van der Waals surface area contributed by atoms with Crippen molar-refractivity contribution in [2.75, 3.05) is 21.9 Å². The lowest BCUT2D eigenvalue weighted by atomic mass is 10.1. The number of benzene rings is 1. The largest absolute Gasteiger partial charge is 0.320 e. The summed E-state index contributed by atoms with van der Waals surface area (Å²) in [4.78, 5) is 17.9. The van der Waals surface area contributed by atoms with Gasteiger partial charge in [0.2, 0.25) is 15.9 Å². The predicted molar refractivity (Wildman–Crippen MR) is 97.7 cm³/mol. The third kappa shape index (κ3) is 3.64. The summed E-state index contributed by atoms with van der Waals surface area (Å²) in [6, 6.07) is 10.2. The van der Waals surface area contributed by atoms with Crippen LogP contribution in [0.5, 0.6) is 0 Å². The highest BCUT2D eigenvalue weighted by molar-refractivity contribution is 7.92. The second-order valence-corrected chi connectivity index (χ2v) is 7.85. The molecule has 8 heteroatoms. The van der Waals surface area contributed by atoms with Crippen LogP contribution in [0.4, 0.5) is 11.5 Å². The van der Waals surface area contributed by atoms with Crippen LogP contribution in [0.1, 0.15) is 13.3 Å². The number of hydrogen-bond acceptors (Lipinski definition) is 5. The minimum atomic E-state index is -3.37. The van der Waals surface area contributed by atoms with Gasteiger partial charge in [0.1, 0.15) is 5.82 Å². The van der Waals surface area contributed by atoms with Crippen LogP contribution in [-0.2, 0) is 14.8 Å². The molecule has 1 unspecified atom stereocenters. The summed E-state index contributed by atoms with van der Waals surface area (Å²) in [5, 5.41) is 0. The Morgan fingerprint density at radius 1 is 1.28 bits per heavy atom. The minimum Gasteiger partial charge on any atom is -0.320 e. The first-order valence-corrected chi connectivity index (χ1v) is 9.69. The van der Waals surface area contributed by atoms with E-state index < -0.39 is 16.1 Å². The SMILES string of the molecule is CCS(=O)(=O)Nc1ccccc1-c1ccc(N2CCC(N)C2=O)nc1. The normalized spacial score (nSPS) is 17.8. The number of rotatable bonds is 5. The Balaban J connectivity index is 1.90. The third-order valence-electron chi connectivity index (χ3n) is 4.15. The topological polar surface area (TPSA) is 105 Å². The smallest absolute Gasteiger partial charge is 0.245 e. The third-order valence-corrected chi connectivity index (χ3v) is 5.45. The summed E-state index contributed by atoms with van der Waals surface area (Å²) in [5.74, 6) is 0.417. The molecule has 0 aliphatic carbocycles. The van der Waals surface area contributed by atoms with E-state index in [1.807, 2.05) is 18.2 Å². The highest BCUT2D eigenvalue weighted by Gasteiger charge is 2.30. The number of para-hydroxylation sites is 1. The zero-order valence-electron chi connectivity index (χ0n) is 13.8. The predicted octanol–water partition coefficient (Wildman–Crippen LogP) is 1.57. The number of nitrogens with one attached hydrogen (secondary N) is 1. The molecule has 2 heterocycles. The van der Waals surface area contributed by atoms with Crippen molar-refractivity contribution in [3.63, 3.8) is 0 Å². The molecule has 1 aromatic heterocycles. The fraction of sp³-hybridized carbons (Fsp3) is 0.294. The van der Waals surface area contributed by atoms with E-state index in [2.05, 4.69) is 9.71 Å². The summed E-state index contributed by atoms with van der Waals surface area (Å²) in [6.45, 7) is 2.14. The van der Waals surface area contributed by atoms with E-state index >= 15 is 0 Å². The molecule has 1 aliphatic rings. The maximum Gasteiger partial charge on any atom is 0.245 e. The first-order valence-electron chi connectivity index (χ1n) is 8.04. The second-order valence-electron chi connectivity index (χ2n) is 5.84. The Morgan fingerprint density at radius 3 is 2.64 bits per heavy atom. The van der Waals surface area contributed by atoms with Gasteiger partial charge in [-0.25, -0.2) is 13.4 Å². The lowest BCUT2D eigenvalue weighted by Crippen LogP contribution is -2.34. The summed E-state index contributed by atoms with van der Waals surface area (Å²) in [7, 11) is -3.37. The molecule has 1 aromatic carbocycles. The monoisotopic (exact) mass is 360 g/mol. The fourth-order valence-electron chi connectivity index (χ4n) is 2.70. The maximum absolute atomic E-state index is 12.0. The van der Waals surface area contributed by atoms with Crippen molar-refractivity contribution < 1.29 is 13.2 Å². The lowest BCUT2D eigenvalue weighted by Gasteiger charge is -2.16. The molecule has 7 nitrogen and oxygen atoms in total. The first-order chi connectivity index (χ1) is 11.9. The number of anilines is 2. The van der Waals surface area contributed by atoms with Crippen LogP contribution < -0.4 is 15.4 Å². The summed E-state index contributed by atoms with van der Waals surface area (Å²) >= 11 is 0. The van der Waals surface area contributed by atoms with E-state index in [4.69, 9.17) is 5.73 Å². The van der Waals surface area contributed by atoms with E-state index in [1.54, 1.807) is 36.2 Å². The number of carbonyl (C=O) groups is 1. The van der Waals surface area contributed by atoms with E-state index in [1.165, 1.54) is 0 Å². The van der Waals surface area contributed by atoms with Gasteiger partial charge in [0.15, 0.2) is 0 Å². The molecule has 25 heavy (non-hydrogen) atoms. The molecule has 0 bridgehead atoms. The summed E-state index contributed by atoms with van der Waals surface area (Å²) < 4.78 is 26.3. The molecule has 3 rings (SSSR count). The number of nitrogens with two attached hydrogens (primary N) is 1. The van der Waals surface area contributed by atoms with Crippen molar-refractivity contribution in [3.8, 4) is 11.1 Å². The standard InChI is InChI=1S/C17H20N4O3S/c1-2-25(23,24)20-15-6-4-3-5-13(15)12-7-8-16(19-11-12)21-10-9-14(18)17(21)22/h3-8,11,14,20H,2,9-10,18H2,1H3. The number of pyridine rings is 1. The molecule has 1 amide bonds. The highest BCUT2D eigenvalue weighted by atomic mass is 32.2. The van der Waals surface area contributed by atoms with Crippen molar-refractivity contribution in [1.29, 1.82) is 0 Å². The molecule has 1 aliphatic heterocycles.